The molecule has 1 aliphatic heterocycles. The lowest BCUT2D eigenvalue weighted by molar-refractivity contribution is -0.114. The number of nitrogens with zero attached hydrogens (tertiary/aromatic N) is 3. The maximum atomic E-state index is 13.1. The number of anilines is 1. The van der Waals surface area contributed by atoms with Gasteiger partial charge in [-0.25, -0.2) is 4.68 Å². The first-order chi connectivity index (χ1) is 14.3. The number of benzene rings is 2. The lowest BCUT2D eigenvalue weighted by Crippen LogP contribution is -2.22. The Morgan fingerprint density at radius 2 is 1.57 bits per heavy atom. The Morgan fingerprint density at radius 3 is 2.23 bits per heavy atom. The normalized spacial score (nSPS) is 15.2. The number of aromatic nitrogens is 2. The van der Waals surface area contributed by atoms with Gasteiger partial charge in [-0.1, -0.05) is 35.4 Å². The molecule has 0 bridgehead atoms. The minimum Gasteiger partial charge on any atom is -0.295 e. The summed E-state index contributed by atoms with van der Waals surface area (Å²) in [6, 6.07) is 13.6. The minimum atomic E-state index is -0.235. The summed E-state index contributed by atoms with van der Waals surface area (Å²) in [7, 11) is 0. The number of hydrazone groups is 1. The molecule has 0 aliphatic carbocycles. The van der Waals surface area contributed by atoms with Gasteiger partial charge in [0.1, 0.15) is 0 Å². The van der Waals surface area contributed by atoms with Gasteiger partial charge in [-0.3, -0.25) is 14.7 Å². The highest BCUT2D eigenvalue weighted by atomic mass is 16.2. The van der Waals surface area contributed by atoms with E-state index >= 15 is 0 Å². The van der Waals surface area contributed by atoms with E-state index < -0.39 is 0 Å². The second-order valence-electron chi connectivity index (χ2n) is 7.78. The number of carbonyl (C=O) groups is 1. The molecule has 1 aromatic heterocycles. The van der Waals surface area contributed by atoms with Gasteiger partial charge in [-0.2, -0.15) is 10.1 Å². The van der Waals surface area contributed by atoms with E-state index in [9.17, 15) is 9.59 Å². The highest BCUT2D eigenvalue weighted by Gasteiger charge is 2.30. The number of hydrogen-bond donors (Lipinski definition) is 1. The summed E-state index contributed by atoms with van der Waals surface area (Å²) in [5.41, 5.74) is 6.66. The van der Waals surface area contributed by atoms with Crippen LogP contribution in [0.3, 0.4) is 0 Å². The van der Waals surface area contributed by atoms with Gasteiger partial charge in [-0.05, 0) is 64.5 Å². The van der Waals surface area contributed by atoms with Crippen LogP contribution in [0.1, 0.15) is 34.9 Å². The van der Waals surface area contributed by atoms with E-state index in [1.807, 2.05) is 70.2 Å². The predicted molar refractivity (Wildman–Crippen MR) is 120 cm³/mol. The Hall–Kier alpha value is -3.67. The minimum absolute atomic E-state index is 0.200. The lowest BCUT2D eigenvalue weighted by Gasteiger charge is -2.15. The molecule has 0 unspecified atom stereocenters. The van der Waals surface area contributed by atoms with E-state index in [1.54, 1.807) is 13.0 Å². The number of aromatic amines is 1. The molecule has 0 fully saturated rings. The van der Waals surface area contributed by atoms with E-state index in [2.05, 4.69) is 10.2 Å². The Balaban J connectivity index is 1.74. The van der Waals surface area contributed by atoms with Gasteiger partial charge in [0.05, 0.1) is 28.2 Å². The van der Waals surface area contributed by atoms with Crippen molar-refractivity contribution in [3.8, 4) is 5.69 Å². The van der Waals surface area contributed by atoms with Gasteiger partial charge in [-0.15, -0.1) is 0 Å². The van der Waals surface area contributed by atoms with Crippen molar-refractivity contribution in [1.82, 2.24) is 9.78 Å². The Kier molecular flexibility index (Phi) is 4.78. The van der Waals surface area contributed by atoms with Crippen molar-refractivity contribution in [3.05, 3.63) is 86.3 Å². The number of nitrogens with one attached hydrogen (secondary N) is 1. The van der Waals surface area contributed by atoms with Gasteiger partial charge in [0.25, 0.3) is 11.5 Å². The summed E-state index contributed by atoms with van der Waals surface area (Å²) < 4.78 is 1.49. The van der Waals surface area contributed by atoms with Crippen LogP contribution in [-0.2, 0) is 4.79 Å². The number of aryl methyl sites for hydroxylation is 4. The topological polar surface area (TPSA) is 70.5 Å². The van der Waals surface area contributed by atoms with E-state index in [0.29, 0.717) is 22.5 Å². The molecular formula is C24H24N4O2. The lowest BCUT2D eigenvalue weighted by atomic mass is 10.1. The number of H-pyrrole nitrogens is 1. The zero-order valence-corrected chi connectivity index (χ0v) is 17.8. The second-order valence-corrected chi connectivity index (χ2v) is 7.78. The van der Waals surface area contributed by atoms with Crippen LogP contribution in [-0.4, -0.2) is 21.4 Å². The van der Waals surface area contributed by atoms with Crippen LogP contribution in [0.5, 0.6) is 0 Å². The van der Waals surface area contributed by atoms with Crippen molar-refractivity contribution in [1.29, 1.82) is 0 Å². The molecule has 30 heavy (non-hydrogen) atoms. The second kappa shape index (κ2) is 7.30. The first kappa shape index (κ1) is 19.6. The summed E-state index contributed by atoms with van der Waals surface area (Å²) in [5.74, 6) is -0.235. The number of amides is 1. The van der Waals surface area contributed by atoms with Crippen molar-refractivity contribution in [2.45, 2.75) is 34.6 Å². The Morgan fingerprint density at radius 1 is 0.900 bits per heavy atom. The summed E-state index contributed by atoms with van der Waals surface area (Å²) >= 11 is 0. The third-order valence-corrected chi connectivity index (χ3v) is 5.34. The third kappa shape index (κ3) is 3.30. The maximum absolute atomic E-state index is 13.1. The van der Waals surface area contributed by atoms with E-state index in [1.165, 1.54) is 9.69 Å². The van der Waals surface area contributed by atoms with Crippen molar-refractivity contribution < 1.29 is 4.79 Å². The predicted octanol–water partition coefficient (Wildman–Crippen LogP) is 4.21. The molecule has 4 rings (SSSR count). The molecule has 6 heteroatoms. The van der Waals surface area contributed by atoms with Crippen molar-refractivity contribution in [3.63, 3.8) is 0 Å². The molecule has 152 valence electrons. The molecule has 0 saturated heterocycles. The largest absolute Gasteiger partial charge is 0.295 e. The van der Waals surface area contributed by atoms with Crippen molar-refractivity contribution in [2.75, 3.05) is 5.01 Å². The molecule has 1 N–H and O–H groups in total. The molecule has 0 spiro atoms. The first-order valence-electron chi connectivity index (χ1n) is 9.84. The Labute approximate surface area is 175 Å². The smallest absolute Gasteiger partial charge is 0.280 e. The fraction of sp³-hybridized carbons (Fsp3) is 0.208. The fourth-order valence-electron chi connectivity index (χ4n) is 3.64. The van der Waals surface area contributed by atoms with Crippen molar-refractivity contribution >= 4 is 23.4 Å². The molecule has 2 aromatic carbocycles. The van der Waals surface area contributed by atoms with Crippen LogP contribution in [0.15, 0.2) is 57.9 Å². The molecular weight excluding hydrogens is 376 g/mol. The molecule has 2 heterocycles. The quantitative estimate of drug-likeness (QED) is 0.669. The van der Waals surface area contributed by atoms with E-state index in [4.69, 9.17) is 0 Å². The summed E-state index contributed by atoms with van der Waals surface area (Å²) in [6.45, 7) is 9.58. The SMILES string of the molecule is CC1=NN(c2ccc(C)cc2C)C(=O)/C1=C/c1c(C)[nH]n(-c2ccc(C)cc2)c1=O. The van der Waals surface area contributed by atoms with Crippen molar-refractivity contribution in [2.24, 2.45) is 5.10 Å². The summed E-state index contributed by atoms with van der Waals surface area (Å²) in [6.07, 6.45) is 1.64. The Bertz CT molecular complexity index is 1270. The number of rotatable bonds is 3. The molecule has 0 saturated carbocycles. The molecule has 6 nitrogen and oxygen atoms in total. The average Bonchev–Trinajstić information content (AvgIpc) is 3.13. The molecule has 1 aliphatic rings. The third-order valence-electron chi connectivity index (χ3n) is 5.34. The van der Waals surface area contributed by atoms with E-state index in [-0.39, 0.29) is 11.5 Å². The van der Waals surface area contributed by atoms with Crippen LogP contribution in [0.25, 0.3) is 11.8 Å². The molecule has 1 amide bonds. The molecule has 0 atom stereocenters. The number of hydrogen-bond acceptors (Lipinski definition) is 3. The molecule has 0 radical (unpaired) electrons. The zero-order valence-electron chi connectivity index (χ0n) is 17.8. The van der Waals surface area contributed by atoms with Crippen LogP contribution in [0.4, 0.5) is 5.69 Å². The van der Waals surface area contributed by atoms with Crippen LogP contribution in [0, 0.1) is 27.7 Å². The summed E-state index contributed by atoms with van der Waals surface area (Å²) in [5, 5.41) is 8.97. The van der Waals surface area contributed by atoms with Crippen LogP contribution < -0.4 is 10.6 Å². The maximum Gasteiger partial charge on any atom is 0.280 e. The average molecular weight is 400 g/mol. The van der Waals surface area contributed by atoms with Crippen LogP contribution >= 0.6 is 0 Å². The van der Waals surface area contributed by atoms with E-state index in [0.717, 1.165) is 28.1 Å². The van der Waals surface area contributed by atoms with Crippen LogP contribution in [0.2, 0.25) is 0 Å². The highest BCUT2D eigenvalue weighted by molar-refractivity contribution is 6.32. The van der Waals surface area contributed by atoms with Gasteiger partial charge < -0.3 is 0 Å². The van der Waals surface area contributed by atoms with Gasteiger partial charge in [0.2, 0.25) is 0 Å². The van der Waals surface area contributed by atoms with Gasteiger partial charge in [0.15, 0.2) is 0 Å². The van der Waals surface area contributed by atoms with Gasteiger partial charge in [0, 0.05) is 5.69 Å². The number of carbonyl (C=O) groups excluding carboxylic acids is 1. The fourth-order valence-corrected chi connectivity index (χ4v) is 3.64. The summed E-state index contributed by atoms with van der Waals surface area (Å²) in [4.78, 5) is 26.2. The van der Waals surface area contributed by atoms with Gasteiger partial charge >= 0.3 is 0 Å². The standard InChI is InChI=1S/C24H24N4O2/c1-14-6-9-19(10-7-14)27-23(29)20(17(4)25-27)13-21-18(5)26-28(24(21)30)22-11-8-15(2)12-16(22)3/h6-13,25H,1-5H3/b21-13+. The first-order valence-corrected chi connectivity index (χ1v) is 9.84. The highest BCUT2D eigenvalue weighted by Crippen LogP contribution is 2.28. The zero-order chi connectivity index (χ0) is 21.6. The monoisotopic (exact) mass is 400 g/mol. The molecule has 3 aromatic rings.